The van der Waals surface area contributed by atoms with Crippen LogP contribution in [-0.4, -0.2) is 96.7 Å². The molecule has 0 aliphatic heterocycles. The standard InChI is InChI=1S/C77H150O17P2/c1-8-10-11-12-13-27-37-44-51-58-74(79)87-64-72(94-77(82)61-54-47-40-33-26-29-35-42-49-56-69(5)6)66-91-95(83,84)89-62-71(78)63-90-96(85,86)92-67-73(65-88-75(80)59-52-45-38-31-24-20-16-14-18-22-28-34-41-48-55-68(3)4)93-76(81)60-53-46-39-32-25-21-17-15-19-23-30-36-43-50-57-70(7)9-2/h68-73,78H,8-67H2,1-7H3,(H,83,84)(H,85,86)/t70?,71-,72+,73+/m0/s1. The van der Waals surface area contributed by atoms with Gasteiger partial charge < -0.3 is 33.8 Å². The predicted octanol–water partition coefficient (Wildman–Crippen LogP) is 22.6. The van der Waals surface area contributed by atoms with Crippen LogP contribution in [-0.2, 0) is 65.4 Å². The Morgan fingerprint density at radius 3 is 0.792 bits per heavy atom. The van der Waals surface area contributed by atoms with Crippen molar-refractivity contribution in [3.05, 3.63) is 0 Å². The molecule has 0 aromatic rings. The maximum absolute atomic E-state index is 13.1. The van der Waals surface area contributed by atoms with Crippen molar-refractivity contribution in [2.75, 3.05) is 39.6 Å². The average Bonchev–Trinajstić information content (AvgIpc) is 1.45. The third-order valence-electron chi connectivity index (χ3n) is 18.2. The number of rotatable bonds is 75. The number of carbonyl (C=O) groups excluding carboxylic acids is 4. The van der Waals surface area contributed by atoms with E-state index in [1.807, 2.05) is 0 Å². The second-order valence-electron chi connectivity index (χ2n) is 28.9. The highest BCUT2D eigenvalue weighted by Gasteiger charge is 2.30. The summed E-state index contributed by atoms with van der Waals surface area (Å²) in [5.74, 6) is 0.264. The van der Waals surface area contributed by atoms with Crippen LogP contribution in [0.1, 0.15) is 395 Å². The van der Waals surface area contributed by atoms with E-state index in [1.165, 1.54) is 205 Å². The van der Waals surface area contributed by atoms with Crippen molar-refractivity contribution in [3.8, 4) is 0 Å². The summed E-state index contributed by atoms with van der Waals surface area (Å²) in [5, 5.41) is 10.6. The maximum atomic E-state index is 13.1. The van der Waals surface area contributed by atoms with Gasteiger partial charge >= 0.3 is 39.5 Å². The van der Waals surface area contributed by atoms with Crippen molar-refractivity contribution in [2.45, 2.75) is 414 Å². The molecule has 0 amide bonds. The van der Waals surface area contributed by atoms with E-state index in [-0.39, 0.29) is 25.7 Å². The molecule has 96 heavy (non-hydrogen) atoms. The van der Waals surface area contributed by atoms with Crippen molar-refractivity contribution >= 4 is 39.5 Å². The molecule has 3 N–H and O–H groups in total. The van der Waals surface area contributed by atoms with Crippen LogP contribution in [0.5, 0.6) is 0 Å². The normalized spacial score (nSPS) is 14.3. The van der Waals surface area contributed by atoms with Crippen molar-refractivity contribution < 1.29 is 80.2 Å². The van der Waals surface area contributed by atoms with Gasteiger partial charge in [0.2, 0.25) is 0 Å². The number of esters is 4. The molecule has 570 valence electrons. The fourth-order valence-electron chi connectivity index (χ4n) is 11.7. The summed E-state index contributed by atoms with van der Waals surface area (Å²) in [7, 11) is -9.91. The highest BCUT2D eigenvalue weighted by molar-refractivity contribution is 7.47. The maximum Gasteiger partial charge on any atom is 0.472 e. The summed E-state index contributed by atoms with van der Waals surface area (Å²) in [5.41, 5.74) is 0. The molecule has 3 unspecified atom stereocenters. The third-order valence-corrected chi connectivity index (χ3v) is 20.1. The summed E-state index contributed by atoms with van der Waals surface area (Å²) >= 11 is 0. The van der Waals surface area contributed by atoms with Gasteiger partial charge in [-0.25, -0.2) is 9.13 Å². The van der Waals surface area contributed by atoms with Crippen molar-refractivity contribution in [2.24, 2.45) is 17.8 Å². The minimum Gasteiger partial charge on any atom is -0.462 e. The zero-order valence-corrected chi connectivity index (χ0v) is 64.6. The van der Waals surface area contributed by atoms with Crippen molar-refractivity contribution in [1.29, 1.82) is 0 Å². The molecule has 0 saturated carbocycles. The van der Waals surface area contributed by atoms with Crippen LogP contribution < -0.4 is 0 Å². The monoisotopic (exact) mass is 1410 g/mol. The molecule has 0 fully saturated rings. The Morgan fingerprint density at radius 2 is 0.531 bits per heavy atom. The Labute approximate surface area is 588 Å². The van der Waals surface area contributed by atoms with E-state index in [0.29, 0.717) is 25.7 Å². The van der Waals surface area contributed by atoms with Crippen LogP contribution in [0.2, 0.25) is 0 Å². The van der Waals surface area contributed by atoms with Crippen LogP contribution in [0, 0.1) is 17.8 Å². The van der Waals surface area contributed by atoms with E-state index in [0.717, 1.165) is 108 Å². The lowest BCUT2D eigenvalue weighted by Gasteiger charge is -2.21. The molecule has 0 bridgehead atoms. The lowest BCUT2D eigenvalue weighted by molar-refractivity contribution is -0.161. The van der Waals surface area contributed by atoms with Gasteiger partial charge in [-0.2, -0.15) is 0 Å². The molecule has 0 radical (unpaired) electrons. The molecule has 17 nitrogen and oxygen atoms in total. The summed E-state index contributed by atoms with van der Waals surface area (Å²) in [4.78, 5) is 72.8. The van der Waals surface area contributed by atoms with E-state index >= 15 is 0 Å². The van der Waals surface area contributed by atoms with Crippen LogP contribution in [0.4, 0.5) is 0 Å². The lowest BCUT2D eigenvalue weighted by Crippen LogP contribution is -2.30. The predicted molar refractivity (Wildman–Crippen MR) is 391 cm³/mol. The average molecular weight is 1410 g/mol. The Morgan fingerprint density at radius 1 is 0.302 bits per heavy atom. The Bertz CT molecular complexity index is 1870. The molecule has 0 spiro atoms. The zero-order chi connectivity index (χ0) is 70.9. The number of ether oxygens (including phenoxy) is 4. The largest absolute Gasteiger partial charge is 0.472 e. The minimum absolute atomic E-state index is 0.105. The molecule has 19 heteroatoms. The molecule has 0 aromatic heterocycles. The van der Waals surface area contributed by atoms with Gasteiger partial charge in [0.15, 0.2) is 12.2 Å². The summed E-state index contributed by atoms with van der Waals surface area (Å²) in [6, 6.07) is 0. The van der Waals surface area contributed by atoms with E-state index < -0.39 is 97.5 Å². The molecule has 0 saturated heterocycles. The first kappa shape index (κ1) is 94.1. The number of hydrogen-bond donors (Lipinski definition) is 3. The third kappa shape index (κ3) is 69.2. The number of phosphoric acid groups is 2. The van der Waals surface area contributed by atoms with Gasteiger partial charge in [0.25, 0.3) is 0 Å². The van der Waals surface area contributed by atoms with E-state index in [4.69, 9.17) is 37.0 Å². The second kappa shape index (κ2) is 67.5. The van der Waals surface area contributed by atoms with Gasteiger partial charge in [-0.3, -0.25) is 37.3 Å². The second-order valence-corrected chi connectivity index (χ2v) is 31.8. The van der Waals surface area contributed by atoms with Crippen LogP contribution in [0.3, 0.4) is 0 Å². The molecular formula is C77H150O17P2. The summed E-state index contributed by atoms with van der Waals surface area (Å²) in [6.07, 6.45) is 54.0. The summed E-state index contributed by atoms with van der Waals surface area (Å²) < 4.78 is 68.5. The zero-order valence-electron chi connectivity index (χ0n) is 62.8. The van der Waals surface area contributed by atoms with Gasteiger partial charge in [0.1, 0.15) is 19.3 Å². The highest BCUT2D eigenvalue weighted by Crippen LogP contribution is 2.45. The fourth-order valence-corrected chi connectivity index (χ4v) is 13.3. The molecule has 0 aliphatic carbocycles. The van der Waals surface area contributed by atoms with E-state index in [2.05, 4.69) is 48.5 Å². The minimum atomic E-state index is -4.96. The van der Waals surface area contributed by atoms with Crippen molar-refractivity contribution in [3.63, 3.8) is 0 Å². The number of carbonyl (C=O) groups is 4. The fraction of sp³-hybridized carbons (Fsp3) is 0.948. The van der Waals surface area contributed by atoms with Crippen LogP contribution in [0.25, 0.3) is 0 Å². The topological polar surface area (TPSA) is 237 Å². The number of aliphatic hydroxyl groups is 1. The van der Waals surface area contributed by atoms with Crippen LogP contribution >= 0.6 is 15.6 Å². The van der Waals surface area contributed by atoms with Gasteiger partial charge in [0, 0.05) is 25.7 Å². The van der Waals surface area contributed by atoms with Gasteiger partial charge in [-0.15, -0.1) is 0 Å². The van der Waals surface area contributed by atoms with Gasteiger partial charge in [0.05, 0.1) is 26.4 Å². The van der Waals surface area contributed by atoms with Crippen molar-refractivity contribution in [1.82, 2.24) is 0 Å². The molecule has 0 rings (SSSR count). The quantitative estimate of drug-likeness (QED) is 0.0222. The summed E-state index contributed by atoms with van der Waals surface area (Å²) in [6.45, 7) is 11.9. The van der Waals surface area contributed by atoms with Gasteiger partial charge in [-0.05, 0) is 43.4 Å². The molecular weight excluding hydrogens is 1260 g/mol. The Hall–Kier alpha value is -1.94. The first-order valence-electron chi connectivity index (χ1n) is 39.9. The smallest absolute Gasteiger partial charge is 0.462 e. The number of hydrogen-bond acceptors (Lipinski definition) is 15. The van der Waals surface area contributed by atoms with Crippen LogP contribution in [0.15, 0.2) is 0 Å². The molecule has 0 heterocycles. The number of phosphoric ester groups is 2. The molecule has 6 atom stereocenters. The number of aliphatic hydroxyl groups excluding tert-OH is 1. The Kier molecular flexibility index (Phi) is 66.2. The van der Waals surface area contributed by atoms with Gasteiger partial charge in [-0.1, -0.05) is 344 Å². The van der Waals surface area contributed by atoms with E-state index in [1.54, 1.807) is 0 Å². The number of unbranched alkanes of at least 4 members (excludes halogenated alkanes) is 42. The lowest BCUT2D eigenvalue weighted by atomic mass is 9.99. The molecule has 0 aromatic carbocycles. The Balaban J connectivity index is 5.23. The first-order chi connectivity index (χ1) is 46.3. The van der Waals surface area contributed by atoms with E-state index in [9.17, 15) is 43.2 Å². The SMILES string of the molecule is CCCCCCCCCCCC(=O)OC[C@H](COP(=O)(O)OC[C@H](O)COP(=O)(O)OC[C@@H](COC(=O)CCCCCCCCCCCCCCCCC(C)C)OC(=O)CCCCCCCCCCCCCCCCC(C)CC)OC(=O)CCCCCCCCCCCC(C)C. The first-order valence-corrected chi connectivity index (χ1v) is 42.9. The molecule has 0 aliphatic rings. The highest BCUT2D eigenvalue weighted by atomic mass is 31.2.